The molecule has 2 aliphatic heterocycles. The average Bonchev–Trinajstić information content (AvgIpc) is 3.18. The van der Waals surface area contributed by atoms with Crippen LogP contribution < -0.4 is 9.80 Å². The van der Waals surface area contributed by atoms with Crippen LogP contribution in [0.15, 0.2) is 36.5 Å². The van der Waals surface area contributed by atoms with Gasteiger partial charge in [-0.1, -0.05) is 0 Å². The molecule has 0 radical (unpaired) electrons. The van der Waals surface area contributed by atoms with E-state index in [-0.39, 0.29) is 5.91 Å². The Hall–Kier alpha value is -2.54. The zero-order valence-electron chi connectivity index (χ0n) is 16.2. The normalized spacial score (nSPS) is 20.4. The number of fused-ring (bicyclic) bond motifs is 1. The van der Waals surface area contributed by atoms with E-state index in [9.17, 15) is 9.18 Å². The molecule has 1 aromatic carbocycles. The third kappa shape index (κ3) is 3.71. The molecule has 150 valence electrons. The number of thiazole rings is 1. The summed E-state index contributed by atoms with van der Waals surface area (Å²) < 4.78 is 14.7. The van der Waals surface area contributed by atoms with Crippen LogP contribution >= 0.6 is 11.3 Å². The number of aromatic nitrogens is 2. The number of carbonyl (C=O) groups excluding carboxylic acids is 1. The number of hydrogen-bond donors (Lipinski definition) is 0. The van der Waals surface area contributed by atoms with Gasteiger partial charge >= 0.3 is 0 Å². The molecule has 5 nitrogen and oxygen atoms in total. The van der Waals surface area contributed by atoms with E-state index in [1.807, 2.05) is 40.3 Å². The highest BCUT2D eigenvalue weighted by Gasteiger charge is 2.21. The summed E-state index contributed by atoms with van der Waals surface area (Å²) in [6.45, 7) is 2.06. The first-order chi connectivity index (χ1) is 14.2. The molecule has 4 heterocycles. The molecule has 2 saturated heterocycles. The van der Waals surface area contributed by atoms with Gasteiger partial charge in [-0.05, 0) is 56.0 Å². The van der Waals surface area contributed by atoms with E-state index in [0.717, 1.165) is 64.6 Å². The van der Waals surface area contributed by atoms with E-state index in [2.05, 4.69) is 11.1 Å². The van der Waals surface area contributed by atoms with Gasteiger partial charge in [0.25, 0.3) is 0 Å². The Morgan fingerprint density at radius 2 is 2.03 bits per heavy atom. The van der Waals surface area contributed by atoms with Crippen molar-refractivity contribution in [1.29, 1.82) is 0 Å². The number of nitrogens with zero attached hydrogens (tertiary/aromatic N) is 4. The van der Waals surface area contributed by atoms with Gasteiger partial charge < -0.3 is 9.80 Å². The highest BCUT2D eigenvalue weighted by molar-refractivity contribution is 7.21. The maximum Gasteiger partial charge on any atom is 0.226 e. The molecular formula is C22H23FN4OS. The molecular weight excluding hydrogens is 387 g/mol. The fourth-order valence-corrected chi connectivity index (χ4v) is 5.11. The Kier molecular flexibility index (Phi) is 4.91. The van der Waals surface area contributed by atoms with E-state index >= 15 is 0 Å². The van der Waals surface area contributed by atoms with Crippen molar-refractivity contribution in [3.05, 3.63) is 36.5 Å². The van der Waals surface area contributed by atoms with Crippen molar-refractivity contribution in [1.82, 2.24) is 9.97 Å². The molecule has 0 aliphatic carbocycles. The van der Waals surface area contributed by atoms with Crippen molar-refractivity contribution < 1.29 is 9.18 Å². The molecule has 0 spiro atoms. The minimum atomic E-state index is -0.768. The van der Waals surface area contributed by atoms with Crippen LogP contribution in [0.5, 0.6) is 0 Å². The van der Waals surface area contributed by atoms with Crippen molar-refractivity contribution in [2.45, 2.75) is 38.3 Å². The van der Waals surface area contributed by atoms with E-state index in [4.69, 9.17) is 4.98 Å². The Labute approximate surface area is 173 Å². The SMILES string of the molecule is O=C1CCCCN1c1ccc2nc(-c3ccc(N4CCC[C@@H](F)C4)nc3)sc2c1. The van der Waals surface area contributed by atoms with Gasteiger partial charge in [0.1, 0.15) is 17.0 Å². The largest absolute Gasteiger partial charge is 0.354 e. The summed E-state index contributed by atoms with van der Waals surface area (Å²) >= 11 is 1.61. The predicted octanol–water partition coefficient (Wildman–Crippen LogP) is 4.81. The number of alkyl halides is 1. The van der Waals surface area contributed by atoms with Crippen LogP contribution in [0.25, 0.3) is 20.8 Å². The molecule has 0 N–H and O–H groups in total. The summed E-state index contributed by atoms with van der Waals surface area (Å²) in [5.74, 6) is 1.02. The maximum atomic E-state index is 13.7. The number of rotatable bonds is 3. The second-order valence-electron chi connectivity index (χ2n) is 7.76. The fourth-order valence-electron chi connectivity index (χ4n) is 4.12. The van der Waals surface area contributed by atoms with E-state index in [1.165, 1.54) is 0 Å². The standard InChI is InChI=1S/C22H23FN4OS/c23-16-4-3-10-26(14-16)20-9-6-15(13-24-20)22-25-18-8-7-17(12-19(18)29-22)27-11-2-1-5-21(27)28/h6-9,12-13,16H,1-5,10-11,14H2/t16-/m1/s1. The fraction of sp³-hybridized carbons (Fsp3) is 0.409. The first-order valence-corrected chi connectivity index (χ1v) is 11.1. The zero-order chi connectivity index (χ0) is 19.8. The first kappa shape index (κ1) is 18.5. The number of benzene rings is 1. The summed E-state index contributed by atoms with van der Waals surface area (Å²) in [6, 6.07) is 10.0. The molecule has 2 aliphatic rings. The molecule has 29 heavy (non-hydrogen) atoms. The van der Waals surface area contributed by atoms with Crippen molar-refractivity contribution in [3.63, 3.8) is 0 Å². The molecule has 2 aromatic heterocycles. The summed E-state index contributed by atoms with van der Waals surface area (Å²) in [7, 11) is 0. The maximum absolute atomic E-state index is 13.7. The molecule has 0 unspecified atom stereocenters. The summed E-state index contributed by atoms with van der Waals surface area (Å²) in [5.41, 5.74) is 2.84. The topological polar surface area (TPSA) is 49.3 Å². The molecule has 1 atom stereocenters. The van der Waals surface area contributed by atoms with Crippen molar-refractivity contribution in [2.75, 3.05) is 29.4 Å². The summed E-state index contributed by atoms with van der Waals surface area (Å²) in [5, 5.41) is 0.906. The molecule has 5 rings (SSSR count). The monoisotopic (exact) mass is 410 g/mol. The molecule has 1 amide bonds. The number of anilines is 2. The van der Waals surface area contributed by atoms with Crippen LogP contribution in [0.4, 0.5) is 15.9 Å². The smallest absolute Gasteiger partial charge is 0.226 e. The second kappa shape index (κ2) is 7.71. The first-order valence-electron chi connectivity index (χ1n) is 10.2. The number of halogens is 1. The molecule has 7 heteroatoms. The van der Waals surface area contributed by atoms with Crippen molar-refractivity contribution in [3.8, 4) is 10.6 Å². The van der Waals surface area contributed by atoms with Crippen LogP contribution in [0, 0.1) is 0 Å². The van der Waals surface area contributed by atoms with Crippen LogP contribution in [-0.4, -0.2) is 41.7 Å². The van der Waals surface area contributed by atoms with Crippen LogP contribution in [0.3, 0.4) is 0 Å². The van der Waals surface area contributed by atoms with Crippen LogP contribution in [-0.2, 0) is 4.79 Å². The van der Waals surface area contributed by atoms with Crippen molar-refractivity contribution in [2.24, 2.45) is 0 Å². The van der Waals surface area contributed by atoms with Crippen LogP contribution in [0.1, 0.15) is 32.1 Å². The molecule has 3 aromatic rings. The van der Waals surface area contributed by atoms with Gasteiger partial charge in [-0.2, -0.15) is 0 Å². The number of carbonyl (C=O) groups is 1. The van der Waals surface area contributed by atoms with E-state index < -0.39 is 6.17 Å². The molecule has 0 bridgehead atoms. The lowest BCUT2D eigenvalue weighted by atomic mass is 10.1. The van der Waals surface area contributed by atoms with Gasteiger partial charge in [-0.15, -0.1) is 11.3 Å². The van der Waals surface area contributed by atoms with Gasteiger partial charge in [-0.3, -0.25) is 4.79 Å². The number of piperidine rings is 2. The lowest BCUT2D eigenvalue weighted by molar-refractivity contribution is -0.119. The lowest BCUT2D eigenvalue weighted by Gasteiger charge is -2.29. The van der Waals surface area contributed by atoms with Crippen LogP contribution in [0.2, 0.25) is 0 Å². The van der Waals surface area contributed by atoms with Gasteiger partial charge in [0.15, 0.2) is 0 Å². The summed E-state index contributed by atoms with van der Waals surface area (Å²) in [6.07, 6.45) is 5.23. The predicted molar refractivity (Wildman–Crippen MR) is 115 cm³/mol. The number of pyridine rings is 1. The van der Waals surface area contributed by atoms with Gasteiger partial charge in [-0.25, -0.2) is 14.4 Å². The Morgan fingerprint density at radius 1 is 1.10 bits per heavy atom. The number of hydrogen-bond acceptors (Lipinski definition) is 5. The third-order valence-electron chi connectivity index (χ3n) is 5.69. The Balaban J connectivity index is 1.39. The quantitative estimate of drug-likeness (QED) is 0.622. The molecule has 0 saturated carbocycles. The second-order valence-corrected chi connectivity index (χ2v) is 8.79. The number of amides is 1. The summed E-state index contributed by atoms with van der Waals surface area (Å²) in [4.78, 5) is 25.4. The Morgan fingerprint density at radius 3 is 2.83 bits per heavy atom. The van der Waals surface area contributed by atoms with E-state index in [0.29, 0.717) is 19.4 Å². The third-order valence-corrected chi connectivity index (χ3v) is 6.76. The van der Waals surface area contributed by atoms with E-state index in [1.54, 1.807) is 11.3 Å². The highest BCUT2D eigenvalue weighted by atomic mass is 32.1. The minimum absolute atomic E-state index is 0.202. The highest BCUT2D eigenvalue weighted by Crippen LogP contribution is 2.34. The van der Waals surface area contributed by atoms with Gasteiger partial charge in [0.2, 0.25) is 5.91 Å². The van der Waals surface area contributed by atoms with Gasteiger partial charge in [0, 0.05) is 37.0 Å². The average molecular weight is 411 g/mol. The minimum Gasteiger partial charge on any atom is -0.354 e. The zero-order valence-corrected chi connectivity index (χ0v) is 17.0. The van der Waals surface area contributed by atoms with Crippen molar-refractivity contribution >= 4 is 39.0 Å². The Bertz CT molecular complexity index is 1030. The lowest BCUT2D eigenvalue weighted by Crippen LogP contribution is -2.36. The van der Waals surface area contributed by atoms with Gasteiger partial charge in [0.05, 0.1) is 16.8 Å². The molecule has 2 fully saturated rings.